The first-order valence-corrected chi connectivity index (χ1v) is 10.0. The van der Waals surface area contributed by atoms with Gasteiger partial charge in [-0.2, -0.15) is 10.1 Å². The van der Waals surface area contributed by atoms with E-state index in [1.54, 1.807) is 0 Å². The predicted octanol–water partition coefficient (Wildman–Crippen LogP) is 4.58. The molecule has 0 aliphatic carbocycles. The van der Waals surface area contributed by atoms with Gasteiger partial charge in [-0.25, -0.2) is 0 Å². The minimum atomic E-state index is -0.0635. The van der Waals surface area contributed by atoms with E-state index >= 15 is 0 Å². The van der Waals surface area contributed by atoms with Gasteiger partial charge < -0.3 is 14.0 Å². The highest BCUT2D eigenvalue weighted by molar-refractivity contribution is 5.58. The van der Waals surface area contributed by atoms with Crippen molar-refractivity contribution in [2.24, 2.45) is 0 Å². The molecule has 0 spiro atoms. The Morgan fingerprint density at radius 3 is 2.80 bits per heavy atom. The average Bonchev–Trinajstić information content (AvgIpc) is 3.41. The molecule has 152 valence electrons. The van der Waals surface area contributed by atoms with Gasteiger partial charge in [0, 0.05) is 5.56 Å². The summed E-state index contributed by atoms with van der Waals surface area (Å²) in [7, 11) is 0. The molecule has 0 amide bonds. The zero-order chi connectivity index (χ0) is 20.5. The minimum Gasteiger partial charge on any atom is -0.494 e. The molecule has 1 unspecified atom stereocenters. The zero-order valence-corrected chi connectivity index (χ0v) is 16.9. The molecule has 7 heteroatoms. The second-order valence-corrected chi connectivity index (χ2v) is 7.30. The highest BCUT2D eigenvalue weighted by atomic mass is 16.5. The molecule has 0 saturated carbocycles. The van der Waals surface area contributed by atoms with Gasteiger partial charge in [-0.15, -0.1) is 0 Å². The summed E-state index contributed by atoms with van der Waals surface area (Å²) < 4.78 is 19.0. The van der Waals surface area contributed by atoms with Gasteiger partial charge in [-0.1, -0.05) is 41.1 Å². The standard InChI is InChI=1S/C23H22N4O3/c1-3-28-19-9-7-16(8-10-19)21-13-27-18(14-29-21)12-20(25-27)23-24-22(26-30-23)17-6-4-5-15(2)11-17/h4-12,21H,3,13-14H2,1-2H3. The molecule has 0 fully saturated rings. The van der Waals surface area contributed by atoms with Crippen LogP contribution in [0.1, 0.15) is 29.8 Å². The van der Waals surface area contributed by atoms with E-state index in [4.69, 9.17) is 14.0 Å². The summed E-state index contributed by atoms with van der Waals surface area (Å²) in [6.07, 6.45) is -0.0635. The molecule has 5 rings (SSSR count). The van der Waals surface area contributed by atoms with Crippen molar-refractivity contribution in [1.29, 1.82) is 0 Å². The molecule has 4 aromatic rings. The maximum Gasteiger partial charge on any atom is 0.278 e. The van der Waals surface area contributed by atoms with Crippen LogP contribution in [0.2, 0.25) is 0 Å². The van der Waals surface area contributed by atoms with Gasteiger partial charge in [0.1, 0.15) is 11.9 Å². The molecule has 30 heavy (non-hydrogen) atoms. The number of aromatic nitrogens is 4. The molecule has 1 aliphatic rings. The molecule has 0 N–H and O–H groups in total. The second kappa shape index (κ2) is 7.76. The molecule has 1 aliphatic heterocycles. The van der Waals surface area contributed by atoms with Gasteiger partial charge in [-0.3, -0.25) is 4.68 Å². The summed E-state index contributed by atoms with van der Waals surface area (Å²) in [5, 5.41) is 8.80. The highest BCUT2D eigenvalue weighted by Crippen LogP contribution is 2.30. The smallest absolute Gasteiger partial charge is 0.278 e. The van der Waals surface area contributed by atoms with E-state index in [0.29, 0.717) is 37.2 Å². The SMILES string of the molecule is CCOc1ccc(C2Cn3nc(-c4nc(-c5cccc(C)c5)no4)cc3CO2)cc1. The minimum absolute atomic E-state index is 0.0635. The van der Waals surface area contributed by atoms with E-state index in [-0.39, 0.29) is 6.10 Å². The number of aryl methyl sites for hydroxylation is 1. The van der Waals surface area contributed by atoms with Crippen molar-refractivity contribution >= 4 is 0 Å². The van der Waals surface area contributed by atoms with E-state index in [9.17, 15) is 0 Å². The second-order valence-electron chi connectivity index (χ2n) is 7.30. The summed E-state index contributed by atoms with van der Waals surface area (Å²) in [5.41, 5.74) is 4.82. The number of fused-ring (bicyclic) bond motifs is 1. The average molecular weight is 402 g/mol. The van der Waals surface area contributed by atoms with Gasteiger partial charge in [-0.05, 0) is 43.7 Å². The van der Waals surface area contributed by atoms with E-state index < -0.39 is 0 Å². The van der Waals surface area contributed by atoms with Crippen molar-refractivity contribution in [2.45, 2.75) is 33.1 Å². The molecule has 7 nitrogen and oxygen atoms in total. The van der Waals surface area contributed by atoms with Crippen LogP contribution in [0.3, 0.4) is 0 Å². The van der Waals surface area contributed by atoms with Crippen LogP contribution in [0.4, 0.5) is 0 Å². The van der Waals surface area contributed by atoms with Crippen LogP contribution in [0.25, 0.3) is 23.0 Å². The largest absolute Gasteiger partial charge is 0.494 e. The number of hydrogen-bond acceptors (Lipinski definition) is 6. The first-order chi connectivity index (χ1) is 14.7. The first kappa shape index (κ1) is 18.6. The summed E-state index contributed by atoms with van der Waals surface area (Å²) in [6, 6.07) is 18.0. The topological polar surface area (TPSA) is 75.2 Å². The quantitative estimate of drug-likeness (QED) is 0.486. The Kier molecular flexibility index (Phi) is 4.80. The number of hydrogen-bond donors (Lipinski definition) is 0. The van der Waals surface area contributed by atoms with Crippen molar-refractivity contribution in [2.75, 3.05) is 6.61 Å². The van der Waals surface area contributed by atoms with E-state index in [2.05, 4.69) is 15.2 Å². The van der Waals surface area contributed by atoms with Crippen molar-refractivity contribution in [3.63, 3.8) is 0 Å². The Hall–Kier alpha value is -3.45. The van der Waals surface area contributed by atoms with Gasteiger partial charge in [0.25, 0.3) is 5.89 Å². The lowest BCUT2D eigenvalue weighted by molar-refractivity contribution is -0.00115. The fourth-order valence-electron chi connectivity index (χ4n) is 3.61. The summed E-state index contributed by atoms with van der Waals surface area (Å²) >= 11 is 0. The van der Waals surface area contributed by atoms with Gasteiger partial charge >= 0.3 is 0 Å². The predicted molar refractivity (Wildman–Crippen MR) is 111 cm³/mol. The molecule has 0 saturated heterocycles. The van der Waals surface area contributed by atoms with Gasteiger partial charge in [0.05, 0.1) is 25.5 Å². The van der Waals surface area contributed by atoms with Crippen LogP contribution >= 0.6 is 0 Å². The molecular formula is C23H22N4O3. The Labute approximate surface area is 174 Å². The third kappa shape index (κ3) is 3.59. The van der Waals surface area contributed by atoms with E-state index in [1.165, 1.54) is 0 Å². The number of nitrogens with zero attached hydrogens (tertiary/aromatic N) is 4. The van der Waals surface area contributed by atoms with E-state index in [1.807, 2.05) is 73.1 Å². The normalized spacial score (nSPS) is 15.7. The van der Waals surface area contributed by atoms with Gasteiger partial charge in [0.15, 0.2) is 5.69 Å². The number of ether oxygens (including phenoxy) is 2. The van der Waals surface area contributed by atoms with Crippen LogP contribution in [0.5, 0.6) is 5.75 Å². The van der Waals surface area contributed by atoms with Crippen molar-refractivity contribution < 1.29 is 14.0 Å². The third-order valence-corrected chi connectivity index (χ3v) is 5.12. The third-order valence-electron chi connectivity index (χ3n) is 5.12. The fourth-order valence-corrected chi connectivity index (χ4v) is 3.61. The molecule has 2 aromatic carbocycles. The van der Waals surface area contributed by atoms with Crippen LogP contribution in [-0.2, 0) is 17.9 Å². The van der Waals surface area contributed by atoms with Crippen molar-refractivity contribution in [1.82, 2.24) is 19.9 Å². The van der Waals surface area contributed by atoms with Crippen LogP contribution in [0, 0.1) is 6.92 Å². The van der Waals surface area contributed by atoms with Crippen LogP contribution in [0.15, 0.2) is 59.1 Å². The zero-order valence-electron chi connectivity index (χ0n) is 16.9. The monoisotopic (exact) mass is 402 g/mol. The highest BCUT2D eigenvalue weighted by Gasteiger charge is 2.24. The maximum atomic E-state index is 6.06. The van der Waals surface area contributed by atoms with E-state index in [0.717, 1.165) is 28.1 Å². The van der Waals surface area contributed by atoms with Crippen LogP contribution in [-0.4, -0.2) is 26.5 Å². The molecule has 2 aromatic heterocycles. The van der Waals surface area contributed by atoms with Gasteiger partial charge in [0.2, 0.25) is 5.82 Å². The summed E-state index contributed by atoms with van der Waals surface area (Å²) in [6.45, 7) is 5.77. The number of benzene rings is 2. The lowest BCUT2D eigenvalue weighted by Crippen LogP contribution is -2.21. The Balaban J connectivity index is 1.35. The Morgan fingerprint density at radius 2 is 2.00 bits per heavy atom. The molecule has 0 bridgehead atoms. The summed E-state index contributed by atoms with van der Waals surface area (Å²) in [4.78, 5) is 4.53. The van der Waals surface area contributed by atoms with Crippen molar-refractivity contribution in [3.05, 3.63) is 71.4 Å². The van der Waals surface area contributed by atoms with Crippen LogP contribution < -0.4 is 4.74 Å². The van der Waals surface area contributed by atoms with Crippen molar-refractivity contribution in [3.8, 4) is 28.7 Å². The first-order valence-electron chi connectivity index (χ1n) is 10.0. The fraction of sp³-hybridized carbons (Fsp3) is 0.261. The molecule has 1 atom stereocenters. The molecule has 0 radical (unpaired) electrons. The maximum absolute atomic E-state index is 6.06. The Bertz CT molecular complexity index is 1160. The molecule has 3 heterocycles. The Morgan fingerprint density at radius 1 is 1.13 bits per heavy atom. The molecular weight excluding hydrogens is 380 g/mol. The summed E-state index contributed by atoms with van der Waals surface area (Å²) in [5.74, 6) is 1.83. The lowest BCUT2D eigenvalue weighted by atomic mass is 10.1. The number of rotatable bonds is 5. The lowest BCUT2D eigenvalue weighted by Gasteiger charge is -2.24.